The quantitative estimate of drug-likeness (QED) is 0.759. The van der Waals surface area contributed by atoms with Gasteiger partial charge in [-0.25, -0.2) is 9.37 Å². The molecule has 3 rings (SSSR count). The molecule has 0 spiro atoms. The van der Waals surface area contributed by atoms with Crippen LogP contribution in [0.25, 0.3) is 16.7 Å². The van der Waals surface area contributed by atoms with Crippen LogP contribution in [-0.2, 0) is 6.42 Å². The molecule has 1 aromatic heterocycles. The Labute approximate surface area is 130 Å². The molecule has 0 bridgehead atoms. The summed E-state index contributed by atoms with van der Waals surface area (Å²) in [6.07, 6.45) is 2.17. The molecule has 2 aromatic carbocycles. The summed E-state index contributed by atoms with van der Waals surface area (Å²) in [5, 5.41) is 0. The Morgan fingerprint density at radius 2 is 1.95 bits per heavy atom. The number of halogens is 2. The van der Waals surface area contributed by atoms with Crippen LogP contribution in [0.2, 0.25) is 0 Å². The molecule has 0 aliphatic heterocycles. The number of nitrogens with two attached hydrogens (primary N) is 1. The Bertz CT molecular complexity index is 793. The van der Waals surface area contributed by atoms with Gasteiger partial charge >= 0.3 is 0 Å². The molecule has 5 heteroatoms. The molecule has 0 atom stereocenters. The summed E-state index contributed by atoms with van der Waals surface area (Å²) in [6.45, 7) is 2.15. The molecule has 1 heterocycles. The third-order valence-corrected chi connectivity index (χ3v) is 4.06. The van der Waals surface area contributed by atoms with Crippen molar-refractivity contribution in [3.05, 3.63) is 52.3 Å². The van der Waals surface area contributed by atoms with E-state index in [1.165, 1.54) is 11.6 Å². The van der Waals surface area contributed by atoms with Gasteiger partial charge in [0.1, 0.15) is 5.82 Å². The van der Waals surface area contributed by atoms with Gasteiger partial charge in [0.2, 0.25) is 5.95 Å². The minimum atomic E-state index is -0.342. The van der Waals surface area contributed by atoms with Crippen LogP contribution in [0.15, 0.2) is 40.9 Å². The van der Waals surface area contributed by atoms with Crippen molar-refractivity contribution in [1.29, 1.82) is 0 Å². The van der Waals surface area contributed by atoms with E-state index in [2.05, 4.69) is 40.0 Å². The van der Waals surface area contributed by atoms with Crippen molar-refractivity contribution in [1.82, 2.24) is 9.55 Å². The standard InChI is InChI=1S/C16H15BrFN3/c1-2-3-10-4-6-11(7-5-10)21-15-8-12(17)13(18)9-14(15)20-16(21)19/h4-9H,2-3H2,1H3,(H2,19,20). The van der Waals surface area contributed by atoms with Crippen LogP contribution in [0.4, 0.5) is 10.3 Å². The van der Waals surface area contributed by atoms with Gasteiger partial charge in [0, 0.05) is 11.8 Å². The van der Waals surface area contributed by atoms with Crippen molar-refractivity contribution >= 4 is 32.9 Å². The molecule has 0 saturated heterocycles. The first-order chi connectivity index (χ1) is 10.1. The number of nitrogen functional groups attached to an aromatic ring is 1. The molecule has 2 N–H and O–H groups in total. The maximum absolute atomic E-state index is 13.6. The minimum Gasteiger partial charge on any atom is -0.369 e. The normalized spacial score (nSPS) is 11.2. The molecule has 0 fully saturated rings. The molecular weight excluding hydrogens is 333 g/mol. The molecule has 0 aliphatic rings. The van der Waals surface area contributed by atoms with E-state index in [1.54, 1.807) is 6.07 Å². The van der Waals surface area contributed by atoms with Gasteiger partial charge in [-0.2, -0.15) is 0 Å². The van der Waals surface area contributed by atoms with Gasteiger partial charge in [0.15, 0.2) is 0 Å². The van der Waals surface area contributed by atoms with Crippen LogP contribution in [0.1, 0.15) is 18.9 Å². The molecular formula is C16H15BrFN3. The molecule has 3 nitrogen and oxygen atoms in total. The summed E-state index contributed by atoms with van der Waals surface area (Å²) in [5.41, 5.74) is 9.54. The van der Waals surface area contributed by atoms with Crippen LogP contribution in [0, 0.1) is 5.82 Å². The molecule has 3 aromatic rings. The lowest BCUT2D eigenvalue weighted by Crippen LogP contribution is -2.00. The van der Waals surface area contributed by atoms with Crippen LogP contribution in [0.3, 0.4) is 0 Å². The predicted octanol–water partition coefficient (Wildman–Crippen LogP) is 4.46. The topological polar surface area (TPSA) is 43.8 Å². The van der Waals surface area contributed by atoms with Gasteiger partial charge in [-0.15, -0.1) is 0 Å². The van der Waals surface area contributed by atoms with Gasteiger partial charge in [0.05, 0.1) is 15.5 Å². The number of benzene rings is 2. The number of rotatable bonds is 3. The smallest absolute Gasteiger partial charge is 0.205 e. The summed E-state index contributed by atoms with van der Waals surface area (Å²) in [4.78, 5) is 4.23. The largest absolute Gasteiger partial charge is 0.369 e. The number of imidazole rings is 1. The van der Waals surface area contributed by atoms with Gasteiger partial charge in [-0.05, 0) is 46.1 Å². The molecule has 108 valence electrons. The highest BCUT2D eigenvalue weighted by molar-refractivity contribution is 9.10. The van der Waals surface area contributed by atoms with E-state index in [0.717, 1.165) is 24.0 Å². The predicted molar refractivity (Wildman–Crippen MR) is 87.1 cm³/mol. The second-order valence-electron chi connectivity index (χ2n) is 4.98. The number of anilines is 1. The highest BCUT2D eigenvalue weighted by atomic mass is 79.9. The highest BCUT2D eigenvalue weighted by Crippen LogP contribution is 2.28. The second kappa shape index (κ2) is 5.48. The lowest BCUT2D eigenvalue weighted by atomic mass is 10.1. The van der Waals surface area contributed by atoms with E-state index in [1.807, 2.05) is 16.7 Å². The van der Waals surface area contributed by atoms with E-state index in [-0.39, 0.29) is 5.82 Å². The monoisotopic (exact) mass is 347 g/mol. The lowest BCUT2D eigenvalue weighted by Gasteiger charge is -2.08. The van der Waals surface area contributed by atoms with Crippen molar-refractivity contribution in [2.24, 2.45) is 0 Å². The summed E-state index contributed by atoms with van der Waals surface area (Å²) in [6, 6.07) is 11.3. The number of aryl methyl sites for hydroxylation is 1. The number of aromatic nitrogens is 2. The zero-order valence-electron chi connectivity index (χ0n) is 11.6. The Morgan fingerprint density at radius 1 is 1.24 bits per heavy atom. The molecule has 21 heavy (non-hydrogen) atoms. The third-order valence-electron chi connectivity index (χ3n) is 3.46. The van der Waals surface area contributed by atoms with Gasteiger partial charge in [0.25, 0.3) is 0 Å². The maximum Gasteiger partial charge on any atom is 0.205 e. The van der Waals surface area contributed by atoms with E-state index >= 15 is 0 Å². The number of hydrogen-bond donors (Lipinski definition) is 1. The summed E-state index contributed by atoms with van der Waals surface area (Å²) in [5.74, 6) is 0.0104. The average molecular weight is 348 g/mol. The Kier molecular flexibility index (Phi) is 3.68. The van der Waals surface area contributed by atoms with Crippen molar-refractivity contribution in [2.45, 2.75) is 19.8 Å². The summed E-state index contributed by atoms with van der Waals surface area (Å²) < 4.78 is 15.8. The fourth-order valence-corrected chi connectivity index (χ4v) is 2.79. The molecule has 0 radical (unpaired) electrons. The zero-order valence-corrected chi connectivity index (χ0v) is 13.2. The SMILES string of the molecule is CCCc1ccc(-n2c(N)nc3cc(F)c(Br)cc32)cc1. The molecule has 0 saturated carbocycles. The van der Waals surface area contributed by atoms with E-state index < -0.39 is 0 Å². The lowest BCUT2D eigenvalue weighted by molar-refractivity contribution is 0.623. The Balaban J connectivity index is 2.15. The second-order valence-corrected chi connectivity index (χ2v) is 5.83. The van der Waals surface area contributed by atoms with Gasteiger partial charge < -0.3 is 5.73 Å². The average Bonchev–Trinajstić information content (AvgIpc) is 2.76. The van der Waals surface area contributed by atoms with Gasteiger partial charge in [-0.3, -0.25) is 4.57 Å². The Hall–Kier alpha value is -1.88. The van der Waals surface area contributed by atoms with Crippen molar-refractivity contribution in [3.63, 3.8) is 0 Å². The summed E-state index contributed by atoms with van der Waals surface area (Å²) in [7, 11) is 0. The first-order valence-corrected chi connectivity index (χ1v) is 7.61. The van der Waals surface area contributed by atoms with Crippen LogP contribution < -0.4 is 5.73 Å². The number of hydrogen-bond acceptors (Lipinski definition) is 2. The minimum absolute atomic E-state index is 0.342. The fourth-order valence-electron chi connectivity index (χ4n) is 2.46. The first kappa shape index (κ1) is 14.1. The molecule has 0 aliphatic carbocycles. The van der Waals surface area contributed by atoms with Crippen LogP contribution >= 0.6 is 15.9 Å². The first-order valence-electron chi connectivity index (χ1n) is 6.82. The zero-order chi connectivity index (χ0) is 15.0. The van der Waals surface area contributed by atoms with Gasteiger partial charge in [-0.1, -0.05) is 25.5 Å². The maximum atomic E-state index is 13.6. The summed E-state index contributed by atoms with van der Waals surface area (Å²) >= 11 is 3.21. The van der Waals surface area contributed by atoms with E-state index in [0.29, 0.717) is 15.9 Å². The van der Waals surface area contributed by atoms with Crippen LogP contribution in [-0.4, -0.2) is 9.55 Å². The number of fused-ring (bicyclic) bond motifs is 1. The van der Waals surface area contributed by atoms with E-state index in [9.17, 15) is 4.39 Å². The fraction of sp³-hybridized carbons (Fsp3) is 0.188. The van der Waals surface area contributed by atoms with Crippen molar-refractivity contribution < 1.29 is 4.39 Å². The van der Waals surface area contributed by atoms with Crippen LogP contribution in [0.5, 0.6) is 0 Å². The third kappa shape index (κ3) is 2.53. The van der Waals surface area contributed by atoms with Crippen molar-refractivity contribution in [2.75, 3.05) is 5.73 Å². The molecule has 0 amide bonds. The Morgan fingerprint density at radius 3 is 2.62 bits per heavy atom. The van der Waals surface area contributed by atoms with Crippen molar-refractivity contribution in [3.8, 4) is 5.69 Å². The van der Waals surface area contributed by atoms with E-state index in [4.69, 9.17) is 5.73 Å². The highest BCUT2D eigenvalue weighted by Gasteiger charge is 2.13. The molecule has 0 unspecified atom stereocenters. The number of nitrogens with zero attached hydrogens (tertiary/aromatic N) is 2.